The van der Waals surface area contributed by atoms with E-state index in [-0.39, 0.29) is 24.1 Å². The third-order valence-electron chi connectivity index (χ3n) is 3.27. The van der Waals surface area contributed by atoms with Gasteiger partial charge in [-0.15, -0.1) is 0 Å². The van der Waals surface area contributed by atoms with E-state index < -0.39 is 6.04 Å². The topological polar surface area (TPSA) is 52.7 Å². The second kappa shape index (κ2) is 7.73. The fraction of sp³-hybridized carbons (Fsp3) is 0.467. The van der Waals surface area contributed by atoms with Gasteiger partial charge in [-0.05, 0) is 31.8 Å². The van der Waals surface area contributed by atoms with E-state index in [0.717, 1.165) is 5.56 Å². The van der Waals surface area contributed by atoms with Crippen molar-refractivity contribution in [2.75, 3.05) is 34.7 Å². The van der Waals surface area contributed by atoms with Crippen LogP contribution in [0.1, 0.15) is 18.0 Å². The van der Waals surface area contributed by atoms with Crippen molar-refractivity contribution in [1.82, 2.24) is 15.1 Å². The molecule has 0 aliphatic heterocycles. The lowest BCUT2D eigenvalue weighted by atomic mass is 10.0. The second-order valence-electron chi connectivity index (χ2n) is 5.10. The molecule has 0 unspecified atom stereocenters. The first kappa shape index (κ1) is 17.1. The standard InChI is InChI=1S/C15H22FN3O2/c1-17-13(20)9-10-19(4)15(21)14(18(2)3)11-5-7-12(16)8-6-11/h5-8,14H,9-10H2,1-4H3,(H,17,20)/t14-/m1/s1. The molecule has 1 N–H and O–H groups in total. The molecule has 0 saturated heterocycles. The molecular weight excluding hydrogens is 273 g/mol. The maximum absolute atomic E-state index is 13.0. The predicted molar refractivity (Wildman–Crippen MR) is 79.1 cm³/mol. The lowest BCUT2D eigenvalue weighted by Gasteiger charge is -2.28. The molecule has 0 spiro atoms. The van der Waals surface area contributed by atoms with E-state index in [9.17, 15) is 14.0 Å². The summed E-state index contributed by atoms with van der Waals surface area (Å²) in [6.07, 6.45) is 0.252. The maximum Gasteiger partial charge on any atom is 0.244 e. The Bertz CT molecular complexity index is 488. The van der Waals surface area contributed by atoms with Crippen molar-refractivity contribution < 1.29 is 14.0 Å². The summed E-state index contributed by atoms with van der Waals surface area (Å²) in [5, 5.41) is 2.52. The number of likely N-dealkylation sites (N-methyl/N-ethyl adjacent to an activating group) is 2. The zero-order valence-corrected chi connectivity index (χ0v) is 12.9. The monoisotopic (exact) mass is 295 g/mol. The van der Waals surface area contributed by atoms with Crippen LogP contribution in [0.15, 0.2) is 24.3 Å². The Morgan fingerprint density at radius 1 is 1.19 bits per heavy atom. The number of rotatable bonds is 6. The SMILES string of the molecule is CNC(=O)CCN(C)C(=O)[C@@H](c1ccc(F)cc1)N(C)C. The van der Waals surface area contributed by atoms with Gasteiger partial charge in [0.2, 0.25) is 11.8 Å². The number of carbonyl (C=O) groups is 2. The number of hydrogen-bond acceptors (Lipinski definition) is 3. The van der Waals surface area contributed by atoms with Crippen LogP contribution in [0.3, 0.4) is 0 Å². The highest BCUT2D eigenvalue weighted by molar-refractivity contribution is 5.84. The van der Waals surface area contributed by atoms with Gasteiger partial charge in [0.15, 0.2) is 0 Å². The van der Waals surface area contributed by atoms with E-state index in [1.165, 1.54) is 17.0 Å². The van der Waals surface area contributed by atoms with E-state index in [2.05, 4.69) is 5.32 Å². The fourth-order valence-corrected chi connectivity index (χ4v) is 2.02. The summed E-state index contributed by atoms with van der Waals surface area (Å²) in [5.41, 5.74) is 0.721. The van der Waals surface area contributed by atoms with Crippen LogP contribution in [0, 0.1) is 5.82 Å². The maximum atomic E-state index is 13.0. The average molecular weight is 295 g/mol. The molecule has 21 heavy (non-hydrogen) atoms. The molecule has 0 bridgehead atoms. The number of halogens is 1. The summed E-state index contributed by atoms with van der Waals surface area (Å²) in [5.74, 6) is -0.579. The normalized spacial score (nSPS) is 12.1. The molecule has 0 radical (unpaired) electrons. The van der Waals surface area contributed by atoms with Crippen molar-refractivity contribution in [2.24, 2.45) is 0 Å². The first-order valence-corrected chi connectivity index (χ1v) is 6.74. The van der Waals surface area contributed by atoms with Crippen LogP contribution in [0.4, 0.5) is 4.39 Å². The van der Waals surface area contributed by atoms with Crippen LogP contribution in [0.25, 0.3) is 0 Å². The Hall–Kier alpha value is -1.95. The molecule has 1 aromatic carbocycles. The summed E-state index contributed by atoms with van der Waals surface area (Å²) in [4.78, 5) is 27.1. The minimum atomic E-state index is -0.500. The van der Waals surface area contributed by atoms with E-state index in [4.69, 9.17) is 0 Å². The van der Waals surface area contributed by atoms with Crippen LogP contribution in [0.2, 0.25) is 0 Å². The zero-order chi connectivity index (χ0) is 16.0. The van der Waals surface area contributed by atoms with Crippen molar-refractivity contribution in [3.63, 3.8) is 0 Å². The first-order chi connectivity index (χ1) is 9.86. The average Bonchev–Trinajstić information content (AvgIpc) is 2.46. The van der Waals surface area contributed by atoms with Gasteiger partial charge in [0, 0.05) is 27.1 Å². The summed E-state index contributed by atoms with van der Waals surface area (Å²) in [6.45, 7) is 0.337. The highest BCUT2D eigenvalue weighted by atomic mass is 19.1. The third kappa shape index (κ3) is 4.82. The van der Waals surface area contributed by atoms with E-state index in [1.807, 2.05) is 0 Å². The van der Waals surface area contributed by atoms with Gasteiger partial charge >= 0.3 is 0 Å². The number of carbonyl (C=O) groups excluding carboxylic acids is 2. The molecule has 0 aromatic heterocycles. The molecule has 0 aliphatic rings. The minimum absolute atomic E-state index is 0.113. The van der Waals surface area contributed by atoms with Crippen LogP contribution in [-0.4, -0.2) is 56.3 Å². The lowest BCUT2D eigenvalue weighted by molar-refractivity contribution is -0.135. The van der Waals surface area contributed by atoms with Crippen molar-refractivity contribution in [3.05, 3.63) is 35.6 Å². The number of hydrogen-bond donors (Lipinski definition) is 1. The fourth-order valence-electron chi connectivity index (χ4n) is 2.02. The predicted octanol–water partition coefficient (Wildman–Crippen LogP) is 1.02. The van der Waals surface area contributed by atoms with Gasteiger partial charge in [-0.25, -0.2) is 4.39 Å². The Morgan fingerprint density at radius 3 is 2.24 bits per heavy atom. The van der Waals surface area contributed by atoms with Crippen molar-refractivity contribution >= 4 is 11.8 Å². The van der Waals surface area contributed by atoms with Gasteiger partial charge < -0.3 is 10.2 Å². The highest BCUT2D eigenvalue weighted by Gasteiger charge is 2.26. The summed E-state index contributed by atoms with van der Waals surface area (Å²) in [7, 11) is 6.80. The number of nitrogens with zero attached hydrogens (tertiary/aromatic N) is 2. The van der Waals surface area contributed by atoms with Crippen LogP contribution >= 0.6 is 0 Å². The summed E-state index contributed by atoms with van der Waals surface area (Å²) >= 11 is 0. The molecule has 0 aliphatic carbocycles. The lowest BCUT2D eigenvalue weighted by Crippen LogP contribution is -2.39. The van der Waals surface area contributed by atoms with Gasteiger partial charge in [0.05, 0.1) is 0 Å². The highest BCUT2D eigenvalue weighted by Crippen LogP contribution is 2.21. The Kier molecular flexibility index (Phi) is 6.30. The first-order valence-electron chi connectivity index (χ1n) is 6.74. The van der Waals surface area contributed by atoms with Gasteiger partial charge in [0.1, 0.15) is 11.9 Å². The third-order valence-corrected chi connectivity index (χ3v) is 3.27. The van der Waals surface area contributed by atoms with Gasteiger partial charge in [-0.2, -0.15) is 0 Å². The largest absolute Gasteiger partial charge is 0.359 e. The molecule has 0 heterocycles. The smallest absolute Gasteiger partial charge is 0.244 e. The number of amides is 2. The van der Waals surface area contributed by atoms with Gasteiger partial charge in [-0.1, -0.05) is 12.1 Å². The van der Waals surface area contributed by atoms with E-state index >= 15 is 0 Å². The Balaban J connectivity index is 2.82. The molecular formula is C15H22FN3O2. The van der Waals surface area contributed by atoms with Gasteiger partial charge in [-0.3, -0.25) is 14.5 Å². The summed E-state index contributed by atoms with van der Waals surface area (Å²) in [6, 6.07) is 5.38. The second-order valence-corrected chi connectivity index (χ2v) is 5.10. The minimum Gasteiger partial charge on any atom is -0.359 e. The molecule has 0 fully saturated rings. The molecule has 1 atom stereocenters. The van der Waals surface area contributed by atoms with Crippen molar-refractivity contribution in [2.45, 2.75) is 12.5 Å². The number of nitrogens with one attached hydrogen (secondary N) is 1. The van der Waals surface area contributed by atoms with Crippen LogP contribution in [-0.2, 0) is 9.59 Å². The Labute approximate surface area is 124 Å². The van der Waals surface area contributed by atoms with Crippen LogP contribution < -0.4 is 5.32 Å². The van der Waals surface area contributed by atoms with Gasteiger partial charge in [0.25, 0.3) is 0 Å². The molecule has 5 nitrogen and oxygen atoms in total. The zero-order valence-electron chi connectivity index (χ0n) is 12.9. The molecule has 6 heteroatoms. The molecule has 2 amide bonds. The van der Waals surface area contributed by atoms with E-state index in [1.54, 1.807) is 45.2 Å². The van der Waals surface area contributed by atoms with Crippen molar-refractivity contribution in [1.29, 1.82) is 0 Å². The molecule has 0 saturated carbocycles. The van der Waals surface area contributed by atoms with Crippen molar-refractivity contribution in [3.8, 4) is 0 Å². The molecule has 1 aromatic rings. The quantitative estimate of drug-likeness (QED) is 0.852. The molecule has 116 valence electrons. The number of benzene rings is 1. The van der Waals surface area contributed by atoms with E-state index in [0.29, 0.717) is 6.54 Å². The Morgan fingerprint density at radius 2 is 1.76 bits per heavy atom. The summed E-state index contributed by atoms with van der Waals surface area (Å²) < 4.78 is 13.0. The molecule has 1 rings (SSSR count). The van der Waals surface area contributed by atoms with Crippen LogP contribution in [0.5, 0.6) is 0 Å².